The maximum atomic E-state index is 13.7. The van der Waals surface area contributed by atoms with Crippen molar-refractivity contribution in [2.24, 2.45) is 5.92 Å². The van der Waals surface area contributed by atoms with Crippen LogP contribution < -0.4 is 9.64 Å². The van der Waals surface area contributed by atoms with Gasteiger partial charge in [0.25, 0.3) is 0 Å². The molecule has 0 radical (unpaired) electrons. The molecule has 0 bridgehead atoms. The quantitative estimate of drug-likeness (QED) is 0.357. The summed E-state index contributed by atoms with van der Waals surface area (Å²) in [5.74, 6) is 1.03. The second-order valence-electron chi connectivity index (χ2n) is 8.06. The summed E-state index contributed by atoms with van der Waals surface area (Å²) in [6, 6.07) is 15.5. The molecule has 3 aromatic rings. The summed E-state index contributed by atoms with van der Waals surface area (Å²) in [5, 5.41) is 1.38. The Hall–Kier alpha value is -2.37. The number of amides is 1. The standard InChI is InChI=1S/C26H29ClN2O2S/c1-3-23-24(18-10-16-22(17-11-18)31-4-2)28-26(32-23)29(21-14-12-20(27)13-15-21)25(30)19-8-6-5-7-9-19/h10-17,19H,3-9H2,1-2H3. The van der Waals surface area contributed by atoms with E-state index in [0.29, 0.717) is 11.6 Å². The molecule has 1 aliphatic rings. The van der Waals surface area contributed by atoms with Crippen LogP contribution in [-0.2, 0) is 11.2 Å². The van der Waals surface area contributed by atoms with Gasteiger partial charge in [0.2, 0.25) is 5.91 Å². The van der Waals surface area contributed by atoms with Gasteiger partial charge < -0.3 is 4.74 Å². The first-order chi connectivity index (χ1) is 15.6. The maximum absolute atomic E-state index is 13.7. The number of carbonyl (C=O) groups excluding carboxylic acids is 1. The van der Waals surface area contributed by atoms with E-state index < -0.39 is 0 Å². The number of anilines is 2. The fraction of sp³-hybridized carbons (Fsp3) is 0.385. The Labute approximate surface area is 199 Å². The molecule has 2 aromatic carbocycles. The molecule has 0 saturated heterocycles. The molecule has 4 nitrogen and oxygen atoms in total. The van der Waals surface area contributed by atoms with E-state index in [1.807, 2.05) is 60.4 Å². The molecule has 32 heavy (non-hydrogen) atoms. The van der Waals surface area contributed by atoms with Gasteiger partial charge in [0, 0.05) is 21.4 Å². The highest BCUT2D eigenvalue weighted by Gasteiger charge is 2.30. The number of nitrogens with zero attached hydrogens (tertiary/aromatic N) is 2. The molecule has 0 unspecified atom stereocenters. The number of hydrogen-bond donors (Lipinski definition) is 0. The Morgan fingerprint density at radius 3 is 2.38 bits per heavy atom. The van der Waals surface area contributed by atoms with Gasteiger partial charge >= 0.3 is 0 Å². The van der Waals surface area contributed by atoms with Crippen molar-refractivity contribution in [1.29, 1.82) is 0 Å². The van der Waals surface area contributed by atoms with Crippen LogP contribution in [0.1, 0.15) is 50.8 Å². The van der Waals surface area contributed by atoms with Crippen molar-refractivity contribution >= 4 is 39.7 Å². The van der Waals surface area contributed by atoms with E-state index in [0.717, 1.165) is 59.9 Å². The van der Waals surface area contributed by atoms with Gasteiger partial charge in [0.1, 0.15) is 5.75 Å². The normalized spacial score (nSPS) is 14.3. The van der Waals surface area contributed by atoms with Crippen molar-refractivity contribution in [3.8, 4) is 17.0 Å². The number of hydrogen-bond acceptors (Lipinski definition) is 4. The van der Waals surface area contributed by atoms with Gasteiger partial charge in [-0.15, -0.1) is 11.3 Å². The Kier molecular flexibility index (Phi) is 7.48. The van der Waals surface area contributed by atoms with E-state index in [1.54, 1.807) is 11.3 Å². The molecule has 1 aromatic heterocycles. The summed E-state index contributed by atoms with van der Waals surface area (Å²) in [6.07, 6.45) is 6.18. The lowest BCUT2D eigenvalue weighted by molar-refractivity contribution is -0.122. The summed E-state index contributed by atoms with van der Waals surface area (Å²) < 4.78 is 5.58. The zero-order chi connectivity index (χ0) is 22.5. The number of thiazole rings is 1. The molecule has 1 amide bonds. The lowest BCUT2D eigenvalue weighted by Crippen LogP contribution is -2.33. The fourth-order valence-electron chi connectivity index (χ4n) is 4.23. The molecule has 4 rings (SSSR count). The summed E-state index contributed by atoms with van der Waals surface area (Å²) in [7, 11) is 0. The zero-order valence-electron chi connectivity index (χ0n) is 18.6. The van der Waals surface area contributed by atoms with Gasteiger partial charge in [0.05, 0.1) is 18.0 Å². The number of aromatic nitrogens is 1. The predicted octanol–water partition coefficient (Wildman–Crippen LogP) is 7.67. The SMILES string of the molecule is CCOc1ccc(-c2nc(N(C(=O)C3CCCCC3)c3ccc(Cl)cc3)sc2CC)cc1. The summed E-state index contributed by atoms with van der Waals surface area (Å²) in [4.78, 5) is 21.7. The number of rotatable bonds is 7. The Morgan fingerprint density at radius 2 is 1.75 bits per heavy atom. The average Bonchev–Trinajstić information content (AvgIpc) is 3.25. The minimum Gasteiger partial charge on any atom is -0.494 e. The van der Waals surface area contributed by atoms with Gasteiger partial charge in [-0.1, -0.05) is 37.8 Å². The van der Waals surface area contributed by atoms with E-state index in [2.05, 4.69) is 6.92 Å². The molecule has 0 atom stereocenters. The van der Waals surface area contributed by atoms with E-state index >= 15 is 0 Å². The van der Waals surface area contributed by atoms with Crippen LogP contribution in [0.3, 0.4) is 0 Å². The summed E-state index contributed by atoms with van der Waals surface area (Å²) in [5.41, 5.74) is 2.79. The molecule has 6 heteroatoms. The maximum Gasteiger partial charge on any atom is 0.236 e. The van der Waals surface area contributed by atoms with Crippen LogP contribution in [-0.4, -0.2) is 17.5 Å². The third-order valence-corrected chi connectivity index (χ3v) is 7.33. The second kappa shape index (κ2) is 10.5. The van der Waals surface area contributed by atoms with E-state index in [9.17, 15) is 4.79 Å². The number of aryl methyl sites for hydroxylation is 1. The fourth-order valence-corrected chi connectivity index (χ4v) is 5.40. The van der Waals surface area contributed by atoms with Gasteiger partial charge in [0.15, 0.2) is 5.13 Å². The van der Waals surface area contributed by atoms with Gasteiger partial charge in [-0.2, -0.15) is 0 Å². The highest BCUT2D eigenvalue weighted by Crippen LogP contribution is 2.39. The lowest BCUT2D eigenvalue weighted by atomic mass is 9.88. The molecule has 168 valence electrons. The first kappa shape index (κ1) is 22.8. The minimum atomic E-state index is 0.0438. The molecular formula is C26H29ClN2O2S. The van der Waals surface area contributed by atoms with E-state index in [-0.39, 0.29) is 11.8 Å². The monoisotopic (exact) mass is 468 g/mol. The van der Waals surface area contributed by atoms with Crippen LogP contribution in [0.15, 0.2) is 48.5 Å². The van der Waals surface area contributed by atoms with Crippen molar-refractivity contribution in [2.75, 3.05) is 11.5 Å². The molecular weight excluding hydrogens is 440 g/mol. The predicted molar refractivity (Wildman–Crippen MR) is 133 cm³/mol. The minimum absolute atomic E-state index is 0.0438. The van der Waals surface area contributed by atoms with Crippen molar-refractivity contribution in [1.82, 2.24) is 4.98 Å². The first-order valence-corrected chi connectivity index (χ1v) is 12.6. The van der Waals surface area contributed by atoms with Gasteiger partial charge in [-0.05, 0) is 74.7 Å². The smallest absolute Gasteiger partial charge is 0.236 e. The van der Waals surface area contributed by atoms with Crippen LogP contribution in [0.25, 0.3) is 11.3 Å². The summed E-state index contributed by atoms with van der Waals surface area (Å²) >= 11 is 7.73. The van der Waals surface area contributed by atoms with Crippen LogP contribution in [0, 0.1) is 5.92 Å². The van der Waals surface area contributed by atoms with Crippen molar-refractivity contribution < 1.29 is 9.53 Å². The topological polar surface area (TPSA) is 42.4 Å². The van der Waals surface area contributed by atoms with E-state index in [4.69, 9.17) is 21.3 Å². The van der Waals surface area contributed by atoms with Crippen LogP contribution in [0.5, 0.6) is 5.75 Å². The first-order valence-electron chi connectivity index (χ1n) is 11.4. The second-order valence-corrected chi connectivity index (χ2v) is 9.56. The number of carbonyl (C=O) groups is 1. The lowest BCUT2D eigenvalue weighted by Gasteiger charge is -2.27. The van der Waals surface area contributed by atoms with Crippen molar-refractivity contribution in [3.05, 3.63) is 58.4 Å². The number of ether oxygens (including phenoxy) is 1. The van der Waals surface area contributed by atoms with Crippen molar-refractivity contribution in [2.45, 2.75) is 52.4 Å². The molecule has 1 aliphatic carbocycles. The van der Waals surface area contributed by atoms with Crippen LogP contribution in [0.4, 0.5) is 10.8 Å². The Balaban J connectivity index is 1.73. The molecule has 0 N–H and O–H groups in total. The molecule has 0 spiro atoms. The Morgan fingerprint density at radius 1 is 1.06 bits per heavy atom. The largest absolute Gasteiger partial charge is 0.494 e. The highest BCUT2D eigenvalue weighted by atomic mass is 35.5. The van der Waals surface area contributed by atoms with Crippen LogP contribution >= 0.6 is 22.9 Å². The molecule has 1 heterocycles. The third kappa shape index (κ3) is 5.00. The zero-order valence-corrected chi connectivity index (χ0v) is 20.2. The molecule has 0 aliphatic heterocycles. The van der Waals surface area contributed by atoms with E-state index in [1.165, 1.54) is 11.3 Å². The third-order valence-electron chi connectivity index (χ3n) is 5.90. The van der Waals surface area contributed by atoms with Crippen molar-refractivity contribution in [3.63, 3.8) is 0 Å². The number of halogens is 1. The highest BCUT2D eigenvalue weighted by molar-refractivity contribution is 7.16. The van der Waals surface area contributed by atoms with Gasteiger partial charge in [-0.25, -0.2) is 4.98 Å². The van der Waals surface area contributed by atoms with Crippen LogP contribution in [0.2, 0.25) is 5.02 Å². The number of benzene rings is 2. The molecule has 1 saturated carbocycles. The molecule has 1 fully saturated rings. The Bertz CT molecular complexity index is 1040. The average molecular weight is 469 g/mol. The van der Waals surface area contributed by atoms with Gasteiger partial charge in [-0.3, -0.25) is 9.69 Å². The summed E-state index contributed by atoms with van der Waals surface area (Å²) in [6.45, 7) is 4.75.